The molecule has 1 heterocycles. The Balaban J connectivity index is 1.85. The van der Waals surface area contributed by atoms with E-state index < -0.39 is 22.5 Å². The van der Waals surface area contributed by atoms with E-state index >= 15 is 0 Å². The topological polar surface area (TPSA) is 82.1 Å². The van der Waals surface area contributed by atoms with Gasteiger partial charge in [0.05, 0.1) is 20.6 Å². The minimum Gasteiger partial charge on any atom is -0.306 e. The third kappa shape index (κ3) is 5.51. The van der Waals surface area contributed by atoms with E-state index in [2.05, 4.69) is 15.4 Å². The van der Waals surface area contributed by atoms with Crippen LogP contribution in [0.1, 0.15) is 12.8 Å². The van der Waals surface area contributed by atoms with Crippen LogP contribution in [0.4, 0.5) is 5.69 Å². The minimum atomic E-state index is -4.01. The van der Waals surface area contributed by atoms with E-state index in [1.165, 1.54) is 30.3 Å². The van der Waals surface area contributed by atoms with Crippen molar-refractivity contribution in [3.63, 3.8) is 0 Å². The number of anilines is 1. The molecule has 0 saturated carbocycles. The van der Waals surface area contributed by atoms with Crippen molar-refractivity contribution in [2.75, 3.05) is 31.0 Å². The molecule has 0 aliphatic carbocycles. The maximum Gasteiger partial charge on any atom is 0.264 e. The van der Waals surface area contributed by atoms with Gasteiger partial charge in [0.2, 0.25) is 0 Å². The summed E-state index contributed by atoms with van der Waals surface area (Å²) in [5.74, 6) is -0.549. The fourth-order valence-electron chi connectivity index (χ4n) is 2.97. The molecule has 2 aromatic rings. The summed E-state index contributed by atoms with van der Waals surface area (Å²) in [7, 11) is -1.99. The first-order valence-corrected chi connectivity index (χ1v) is 11.5. The fraction of sp³-hybridized carbons (Fsp3) is 0.300. The van der Waals surface area contributed by atoms with Gasteiger partial charge in [-0.15, -0.1) is 0 Å². The summed E-state index contributed by atoms with van der Waals surface area (Å²) >= 11 is 12.1. The number of amides is 1. The molecule has 0 unspecified atom stereocenters. The Hall–Kier alpha value is -2.13. The van der Waals surface area contributed by atoms with Crippen LogP contribution >= 0.6 is 23.2 Å². The summed E-state index contributed by atoms with van der Waals surface area (Å²) in [5, 5.41) is 4.65. The van der Waals surface area contributed by atoms with Crippen LogP contribution in [0.3, 0.4) is 0 Å². The molecule has 0 radical (unpaired) electrons. The van der Waals surface area contributed by atoms with Crippen LogP contribution in [-0.4, -0.2) is 51.6 Å². The Morgan fingerprint density at radius 1 is 1.10 bits per heavy atom. The zero-order valence-corrected chi connectivity index (χ0v) is 18.7. The van der Waals surface area contributed by atoms with Gasteiger partial charge in [0.1, 0.15) is 6.54 Å². The molecule has 1 fully saturated rings. The third-order valence-electron chi connectivity index (χ3n) is 4.71. The molecule has 0 bridgehead atoms. The van der Waals surface area contributed by atoms with Crippen molar-refractivity contribution in [1.82, 2.24) is 10.3 Å². The zero-order valence-electron chi connectivity index (χ0n) is 16.4. The second-order valence-electron chi connectivity index (χ2n) is 6.94. The van der Waals surface area contributed by atoms with Crippen LogP contribution in [0, 0.1) is 0 Å². The summed E-state index contributed by atoms with van der Waals surface area (Å²) in [4.78, 5) is 14.8. The number of likely N-dealkylation sites (tertiary alicyclic amines) is 1. The van der Waals surface area contributed by atoms with Crippen molar-refractivity contribution in [2.24, 2.45) is 5.10 Å². The average Bonchev–Trinajstić information content (AvgIpc) is 2.74. The van der Waals surface area contributed by atoms with Crippen LogP contribution in [-0.2, 0) is 14.8 Å². The van der Waals surface area contributed by atoms with Gasteiger partial charge in [-0.2, -0.15) is 5.10 Å². The maximum absolute atomic E-state index is 13.2. The van der Waals surface area contributed by atoms with Gasteiger partial charge in [-0.05, 0) is 37.4 Å². The van der Waals surface area contributed by atoms with E-state index in [1.54, 1.807) is 18.2 Å². The van der Waals surface area contributed by atoms with Gasteiger partial charge in [0, 0.05) is 31.6 Å². The summed E-state index contributed by atoms with van der Waals surface area (Å²) in [6.45, 7) is 1.28. The second kappa shape index (κ2) is 9.78. The number of piperidine rings is 1. The number of halogens is 2. The first kappa shape index (κ1) is 22.6. The van der Waals surface area contributed by atoms with E-state index in [-0.39, 0.29) is 20.6 Å². The predicted octanol–water partition coefficient (Wildman–Crippen LogP) is 3.39. The summed E-state index contributed by atoms with van der Waals surface area (Å²) in [5.41, 5.74) is 3.60. The van der Waals surface area contributed by atoms with Gasteiger partial charge in [-0.3, -0.25) is 9.10 Å². The van der Waals surface area contributed by atoms with E-state index in [0.29, 0.717) is 0 Å². The van der Waals surface area contributed by atoms with Crippen LogP contribution in [0.25, 0.3) is 0 Å². The predicted molar refractivity (Wildman–Crippen MR) is 120 cm³/mol. The Kier molecular flexibility index (Phi) is 7.36. The molecule has 10 heteroatoms. The van der Waals surface area contributed by atoms with Crippen LogP contribution in [0.5, 0.6) is 0 Å². The Morgan fingerprint density at radius 3 is 2.40 bits per heavy atom. The largest absolute Gasteiger partial charge is 0.306 e. The molecule has 30 heavy (non-hydrogen) atoms. The quantitative estimate of drug-likeness (QED) is 0.658. The number of carbonyl (C=O) groups is 1. The lowest BCUT2D eigenvalue weighted by molar-refractivity contribution is -0.119. The van der Waals surface area contributed by atoms with Crippen LogP contribution in [0.2, 0.25) is 10.0 Å². The molecule has 0 spiro atoms. The van der Waals surface area contributed by atoms with Crippen molar-refractivity contribution in [2.45, 2.75) is 17.7 Å². The molecule has 1 aliphatic rings. The zero-order chi connectivity index (χ0) is 21.7. The lowest BCUT2D eigenvalue weighted by Gasteiger charge is -2.25. The van der Waals surface area contributed by atoms with E-state index in [0.717, 1.165) is 35.9 Å². The van der Waals surface area contributed by atoms with Crippen LogP contribution in [0.15, 0.2) is 58.5 Å². The minimum absolute atomic E-state index is 0.0607. The highest BCUT2D eigenvalue weighted by Crippen LogP contribution is 2.30. The van der Waals surface area contributed by atoms with Crippen molar-refractivity contribution >= 4 is 50.5 Å². The molecular weight excluding hydrogens is 447 g/mol. The van der Waals surface area contributed by atoms with Gasteiger partial charge in [0.15, 0.2) is 0 Å². The number of nitrogens with zero attached hydrogens (tertiary/aromatic N) is 3. The highest BCUT2D eigenvalue weighted by molar-refractivity contribution is 7.92. The molecule has 3 rings (SSSR count). The normalized spacial score (nSPS) is 15.0. The number of sulfonamides is 1. The summed E-state index contributed by atoms with van der Waals surface area (Å²) < 4.78 is 27.5. The van der Waals surface area contributed by atoms with Gasteiger partial charge in [-0.1, -0.05) is 41.4 Å². The molecule has 0 aromatic heterocycles. The number of nitrogens with one attached hydrogen (secondary N) is 1. The SMILES string of the molecule is CN1CCC(=NNC(=O)CN(c2ccc(Cl)c(Cl)c2)S(=O)(=O)c2ccccc2)CC1. The highest BCUT2D eigenvalue weighted by atomic mass is 35.5. The number of benzene rings is 2. The molecule has 1 N–H and O–H groups in total. The van der Waals surface area contributed by atoms with E-state index in [9.17, 15) is 13.2 Å². The molecule has 7 nitrogen and oxygen atoms in total. The molecule has 1 amide bonds. The van der Waals surface area contributed by atoms with Crippen LogP contribution < -0.4 is 9.73 Å². The molecule has 1 aliphatic heterocycles. The molecule has 1 saturated heterocycles. The second-order valence-corrected chi connectivity index (χ2v) is 9.62. The standard InChI is InChI=1S/C20H22Cl2N4O3S/c1-25-11-9-15(10-12-25)23-24-20(27)14-26(16-7-8-18(21)19(22)13-16)30(28,29)17-5-3-2-4-6-17/h2-8,13H,9-12,14H2,1H3,(H,24,27). The van der Waals surface area contributed by atoms with Gasteiger partial charge < -0.3 is 4.90 Å². The van der Waals surface area contributed by atoms with Crippen molar-refractivity contribution in [3.8, 4) is 0 Å². The van der Waals surface area contributed by atoms with E-state index in [1.807, 2.05) is 7.05 Å². The molecule has 0 atom stereocenters. The smallest absolute Gasteiger partial charge is 0.264 e. The number of carbonyl (C=O) groups excluding carboxylic acids is 1. The van der Waals surface area contributed by atoms with E-state index in [4.69, 9.17) is 23.2 Å². The maximum atomic E-state index is 13.2. The molecule has 2 aromatic carbocycles. The van der Waals surface area contributed by atoms with Gasteiger partial charge >= 0.3 is 0 Å². The number of hydrogen-bond acceptors (Lipinski definition) is 5. The highest BCUT2D eigenvalue weighted by Gasteiger charge is 2.27. The van der Waals surface area contributed by atoms with Crippen molar-refractivity contribution < 1.29 is 13.2 Å². The first-order chi connectivity index (χ1) is 14.3. The number of hydrazone groups is 1. The Bertz CT molecular complexity index is 1040. The summed E-state index contributed by atoms with van der Waals surface area (Å²) in [6, 6.07) is 12.3. The summed E-state index contributed by atoms with van der Waals surface area (Å²) in [6.07, 6.45) is 1.52. The Labute approximate surface area is 186 Å². The van der Waals surface area contributed by atoms with Crippen molar-refractivity contribution in [3.05, 3.63) is 58.6 Å². The lowest BCUT2D eigenvalue weighted by atomic mass is 10.1. The first-order valence-electron chi connectivity index (χ1n) is 9.33. The van der Waals surface area contributed by atoms with Gasteiger partial charge in [0.25, 0.3) is 15.9 Å². The number of rotatable bonds is 6. The van der Waals surface area contributed by atoms with Crippen molar-refractivity contribution in [1.29, 1.82) is 0 Å². The number of hydrogen-bond donors (Lipinski definition) is 1. The Morgan fingerprint density at radius 2 is 1.77 bits per heavy atom. The fourth-order valence-corrected chi connectivity index (χ4v) is 4.70. The molecular formula is C20H22Cl2N4O3S. The average molecular weight is 469 g/mol. The van der Waals surface area contributed by atoms with Gasteiger partial charge in [-0.25, -0.2) is 13.8 Å². The molecule has 160 valence electrons. The lowest BCUT2D eigenvalue weighted by Crippen LogP contribution is -2.40. The monoisotopic (exact) mass is 468 g/mol. The third-order valence-corrected chi connectivity index (χ3v) is 7.24.